The van der Waals surface area contributed by atoms with Crippen LogP contribution in [0.25, 0.3) is 0 Å². The number of nitrogens with one attached hydrogen (secondary N) is 1. The summed E-state index contributed by atoms with van der Waals surface area (Å²) in [6.07, 6.45) is -4.11. The molecule has 1 amide bonds. The van der Waals surface area contributed by atoms with E-state index in [0.29, 0.717) is 5.56 Å². The molecule has 0 bridgehead atoms. The number of hydrogen-bond acceptors (Lipinski definition) is 2. The fraction of sp³-hybridized carbons (Fsp3) is 0.364. The Bertz CT molecular complexity index is 464. The summed E-state index contributed by atoms with van der Waals surface area (Å²) in [5, 5.41) is 1.56. The van der Waals surface area contributed by atoms with Crippen molar-refractivity contribution in [1.82, 2.24) is 5.32 Å². The highest BCUT2D eigenvalue weighted by Crippen LogP contribution is 2.23. The number of amides is 1. The Morgan fingerprint density at radius 2 is 2.00 bits per heavy atom. The van der Waals surface area contributed by atoms with E-state index in [1.54, 1.807) is 5.32 Å². The molecule has 0 radical (unpaired) electrons. The number of alkyl halides is 4. The molecule has 0 fully saturated rings. The highest BCUT2D eigenvalue weighted by Gasteiger charge is 2.48. The van der Waals surface area contributed by atoms with Crippen molar-refractivity contribution in [3.63, 3.8) is 0 Å². The van der Waals surface area contributed by atoms with Gasteiger partial charge in [-0.1, -0.05) is 12.1 Å². The van der Waals surface area contributed by atoms with Crippen molar-refractivity contribution < 1.29 is 26.7 Å². The number of hydrogen-bond donors (Lipinski definition) is 2. The normalized spacial score (nSPS) is 11.7. The SMILES string of the molecule is NCc1ccc(CNC(=O)C(F)(F)C(F)F)c(F)c1. The zero-order valence-electron chi connectivity index (χ0n) is 9.60. The number of halogens is 5. The van der Waals surface area contributed by atoms with Crippen LogP contribution in [0, 0.1) is 5.82 Å². The van der Waals surface area contributed by atoms with E-state index >= 15 is 0 Å². The Hall–Kier alpha value is -1.70. The molecule has 0 aliphatic heterocycles. The molecule has 3 N–H and O–H groups in total. The van der Waals surface area contributed by atoms with Crippen LogP contribution < -0.4 is 11.1 Å². The smallest absolute Gasteiger partial charge is 0.346 e. The van der Waals surface area contributed by atoms with Gasteiger partial charge in [0.05, 0.1) is 0 Å². The Morgan fingerprint density at radius 3 is 2.47 bits per heavy atom. The van der Waals surface area contributed by atoms with Crippen molar-refractivity contribution in [3.8, 4) is 0 Å². The van der Waals surface area contributed by atoms with Crippen LogP contribution >= 0.6 is 0 Å². The molecule has 3 nitrogen and oxygen atoms in total. The monoisotopic (exact) mass is 282 g/mol. The molecular weight excluding hydrogens is 271 g/mol. The van der Waals surface area contributed by atoms with Gasteiger partial charge < -0.3 is 11.1 Å². The van der Waals surface area contributed by atoms with Crippen LogP contribution in [0.2, 0.25) is 0 Å². The first-order valence-corrected chi connectivity index (χ1v) is 5.20. The average molecular weight is 282 g/mol. The van der Waals surface area contributed by atoms with Gasteiger partial charge in [-0.15, -0.1) is 0 Å². The summed E-state index contributed by atoms with van der Waals surface area (Å²) < 4.78 is 62.3. The van der Waals surface area contributed by atoms with Gasteiger partial charge in [0, 0.05) is 18.7 Å². The van der Waals surface area contributed by atoms with Crippen molar-refractivity contribution in [2.45, 2.75) is 25.4 Å². The molecule has 0 saturated heterocycles. The molecule has 106 valence electrons. The Labute approximate surface area is 105 Å². The predicted molar refractivity (Wildman–Crippen MR) is 57.1 cm³/mol. The van der Waals surface area contributed by atoms with E-state index in [2.05, 4.69) is 0 Å². The van der Waals surface area contributed by atoms with Crippen molar-refractivity contribution in [2.75, 3.05) is 0 Å². The summed E-state index contributed by atoms with van der Waals surface area (Å²) >= 11 is 0. The quantitative estimate of drug-likeness (QED) is 0.809. The van der Waals surface area contributed by atoms with Crippen molar-refractivity contribution in [1.29, 1.82) is 0 Å². The minimum absolute atomic E-state index is 0.0903. The minimum atomic E-state index is -4.80. The second kappa shape index (κ2) is 5.96. The fourth-order valence-electron chi connectivity index (χ4n) is 1.25. The standard InChI is InChI=1S/C11H11F5N2O/c12-8-3-6(4-17)1-2-7(8)5-18-10(19)11(15,16)9(13)14/h1-3,9H,4-5,17H2,(H,18,19). The number of nitrogens with two attached hydrogens (primary N) is 1. The third-order valence-corrected chi connectivity index (χ3v) is 2.37. The fourth-order valence-corrected chi connectivity index (χ4v) is 1.25. The maximum absolute atomic E-state index is 13.4. The molecule has 0 heterocycles. The van der Waals surface area contributed by atoms with E-state index < -0.39 is 30.6 Å². The van der Waals surface area contributed by atoms with E-state index in [9.17, 15) is 26.7 Å². The van der Waals surface area contributed by atoms with E-state index in [1.807, 2.05) is 0 Å². The van der Waals surface area contributed by atoms with Gasteiger partial charge >= 0.3 is 12.3 Å². The summed E-state index contributed by atoms with van der Waals surface area (Å²) in [5.41, 5.74) is 5.64. The Balaban J connectivity index is 2.70. The molecule has 0 spiro atoms. The van der Waals surface area contributed by atoms with Gasteiger partial charge in [0.25, 0.3) is 5.91 Å². The van der Waals surface area contributed by atoms with Crippen LogP contribution in [-0.4, -0.2) is 18.3 Å². The lowest BCUT2D eigenvalue weighted by atomic mass is 10.1. The third kappa shape index (κ3) is 3.63. The van der Waals surface area contributed by atoms with Gasteiger partial charge in [0.1, 0.15) is 5.82 Å². The lowest BCUT2D eigenvalue weighted by Gasteiger charge is -2.15. The molecule has 1 rings (SSSR count). The van der Waals surface area contributed by atoms with Crippen LogP contribution in [-0.2, 0) is 17.9 Å². The largest absolute Gasteiger partial charge is 0.383 e. The van der Waals surface area contributed by atoms with Crippen molar-refractivity contribution in [2.24, 2.45) is 5.73 Å². The highest BCUT2D eigenvalue weighted by atomic mass is 19.3. The average Bonchev–Trinajstić information content (AvgIpc) is 2.36. The minimum Gasteiger partial charge on any atom is -0.346 e. The summed E-state index contributed by atoms with van der Waals surface area (Å²) in [6.45, 7) is -0.523. The number of carbonyl (C=O) groups is 1. The molecular formula is C11H11F5N2O. The van der Waals surface area contributed by atoms with Gasteiger partial charge in [0.2, 0.25) is 0 Å². The topological polar surface area (TPSA) is 55.1 Å². The lowest BCUT2D eigenvalue weighted by molar-refractivity contribution is -0.169. The van der Waals surface area contributed by atoms with Crippen molar-refractivity contribution in [3.05, 3.63) is 35.1 Å². The highest BCUT2D eigenvalue weighted by molar-refractivity contribution is 5.83. The second-order valence-corrected chi connectivity index (χ2v) is 3.74. The molecule has 8 heteroatoms. The van der Waals surface area contributed by atoms with E-state index in [-0.39, 0.29) is 12.1 Å². The first-order valence-electron chi connectivity index (χ1n) is 5.20. The van der Waals surface area contributed by atoms with Crippen LogP contribution in [0.4, 0.5) is 22.0 Å². The lowest BCUT2D eigenvalue weighted by Crippen LogP contribution is -2.44. The second-order valence-electron chi connectivity index (χ2n) is 3.74. The van der Waals surface area contributed by atoms with Gasteiger partial charge in [0.15, 0.2) is 0 Å². The summed E-state index contributed by atoms with van der Waals surface area (Å²) in [4.78, 5) is 10.8. The molecule has 0 atom stereocenters. The van der Waals surface area contributed by atoms with E-state index in [0.717, 1.165) is 6.07 Å². The Kier molecular flexibility index (Phi) is 4.82. The van der Waals surface area contributed by atoms with E-state index in [4.69, 9.17) is 5.73 Å². The molecule has 0 saturated carbocycles. The molecule has 1 aromatic carbocycles. The molecule has 0 aromatic heterocycles. The molecule has 0 unspecified atom stereocenters. The molecule has 1 aromatic rings. The van der Waals surface area contributed by atoms with Crippen molar-refractivity contribution >= 4 is 5.91 Å². The first kappa shape index (κ1) is 15.4. The molecule has 0 aliphatic carbocycles. The van der Waals surface area contributed by atoms with Crippen LogP contribution in [0.5, 0.6) is 0 Å². The molecule has 0 aliphatic rings. The first-order chi connectivity index (χ1) is 8.78. The van der Waals surface area contributed by atoms with Gasteiger partial charge in [-0.2, -0.15) is 8.78 Å². The Morgan fingerprint density at radius 1 is 1.37 bits per heavy atom. The maximum Gasteiger partial charge on any atom is 0.383 e. The predicted octanol–water partition coefficient (Wildman–Crippen LogP) is 1.80. The van der Waals surface area contributed by atoms with Crippen LogP contribution in [0.1, 0.15) is 11.1 Å². The summed E-state index contributed by atoms with van der Waals surface area (Å²) in [7, 11) is 0. The van der Waals surface area contributed by atoms with Gasteiger partial charge in [-0.3, -0.25) is 4.79 Å². The summed E-state index contributed by atoms with van der Waals surface area (Å²) in [6, 6.07) is 3.75. The number of benzene rings is 1. The summed E-state index contributed by atoms with van der Waals surface area (Å²) in [5.74, 6) is -7.71. The zero-order valence-corrected chi connectivity index (χ0v) is 9.60. The molecule has 19 heavy (non-hydrogen) atoms. The van der Waals surface area contributed by atoms with Gasteiger partial charge in [-0.05, 0) is 11.6 Å². The zero-order chi connectivity index (χ0) is 14.6. The third-order valence-electron chi connectivity index (χ3n) is 2.37. The number of rotatable bonds is 5. The van der Waals surface area contributed by atoms with Crippen LogP contribution in [0.15, 0.2) is 18.2 Å². The van der Waals surface area contributed by atoms with E-state index in [1.165, 1.54) is 12.1 Å². The maximum atomic E-state index is 13.4. The van der Waals surface area contributed by atoms with Gasteiger partial charge in [-0.25, -0.2) is 13.2 Å². The van der Waals surface area contributed by atoms with Crippen LogP contribution in [0.3, 0.4) is 0 Å². The number of carbonyl (C=O) groups excluding carboxylic acids is 1.